The Morgan fingerprint density at radius 3 is 2.70 bits per heavy atom. The normalized spacial score (nSPS) is 21.2. The van der Waals surface area contributed by atoms with Crippen molar-refractivity contribution >= 4 is 17.0 Å². The van der Waals surface area contributed by atoms with Gasteiger partial charge in [-0.3, -0.25) is 4.79 Å². The van der Waals surface area contributed by atoms with Gasteiger partial charge in [-0.2, -0.15) is 0 Å². The Kier molecular flexibility index (Phi) is 6.11. The molecule has 0 unspecified atom stereocenters. The highest BCUT2D eigenvalue weighted by atomic mass is 16.5. The van der Waals surface area contributed by atoms with E-state index < -0.39 is 0 Å². The van der Waals surface area contributed by atoms with Crippen LogP contribution >= 0.6 is 0 Å². The number of hydrogen-bond acceptors (Lipinski definition) is 6. The smallest absolute Gasteiger partial charge is 0.223 e. The zero-order valence-corrected chi connectivity index (χ0v) is 19.1. The molecule has 1 N–H and O–H groups in total. The van der Waals surface area contributed by atoms with Crippen molar-refractivity contribution in [2.45, 2.75) is 50.5 Å². The van der Waals surface area contributed by atoms with Gasteiger partial charge < -0.3 is 23.9 Å². The fourth-order valence-electron chi connectivity index (χ4n) is 4.94. The van der Waals surface area contributed by atoms with E-state index in [0.29, 0.717) is 24.4 Å². The second kappa shape index (κ2) is 9.33. The van der Waals surface area contributed by atoms with Gasteiger partial charge in [0.2, 0.25) is 5.91 Å². The van der Waals surface area contributed by atoms with Crippen LogP contribution in [0.5, 0.6) is 17.2 Å². The third-order valence-electron chi connectivity index (χ3n) is 6.78. The number of nitrogens with one attached hydrogen (secondary N) is 1. The molecule has 7 nitrogen and oxygen atoms in total. The second-order valence-electron chi connectivity index (χ2n) is 8.95. The molecule has 1 saturated heterocycles. The lowest BCUT2D eigenvalue weighted by molar-refractivity contribution is -0.127. The number of oxazole rings is 1. The standard InChI is InChI=1S/C26H30N2O5/c1-30-20-8-10-22-21(14-20)28-25(33-22)13-17-11-18(15-27-26(17)29)16-7-9-23(31-2)24(12-16)32-19-5-3-4-6-19/h7-10,12,14,17-19H,3-6,11,13,15H2,1-2H3,(H,27,29)/t17-,18+/m0/s1. The maximum absolute atomic E-state index is 12.6. The number of fused-ring (bicyclic) bond motifs is 1. The molecular formula is C26H30N2O5. The Balaban J connectivity index is 1.32. The molecule has 33 heavy (non-hydrogen) atoms. The lowest BCUT2D eigenvalue weighted by Crippen LogP contribution is -2.41. The summed E-state index contributed by atoms with van der Waals surface area (Å²) in [6.45, 7) is 0.606. The van der Waals surface area contributed by atoms with E-state index in [1.807, 2.05) is 24.3 Å². The van der Waals surface area contributed by atoms with Gasteiger partial charge >= 0.3 is 0 Å². The molecule has 2 aromatic carbocycles. The Morgan fingerprint density at radius 2 is 1.91 bits per heavy atom. The van der Waals surface area contributed by atoms with E-state index in [9.17, 15) is 4.79 Å². The number of ether oxygens (including phenoxy) is 3. The summed E-state index contributed by atoms with van der Waals surface area (Å²) in [6, 6.07) is 11.7. The van der Waals surface area contributed by atoms with Gasteiger partial charge in [0.25, 0.3) is 0 Å². The lowest BCUT2D eigenvalue weighted by atomic mass is 9.83. The summed E-state index contributed by atoms with van der Waals surface area (Å²) in [4.78, 5) is 17.2. The summed E-state index contributed by atoms with van der Waals surface area (Å²) >= 11 is 0. The third kappa shape index (κ3) is 4.63. The van der Waals surface area contributed by atoms with Crippen LogP contribution in [0.15, 0.2) is 40.8 Å². The van der Waals surface area contributed by atoms with E-state index >= 15 is 0 Å². The monoisotopic (exact) mass is 450 g/mol. The van der Waals surface area contributed by atoms with Gasteiger partial charge in [0, 0.05) is 30.9 Å². The Morgan fingerprint density at radius 1 is 1.06 bits per heavy atom. The Labute approximate surface area is 193 Å². The van der Waals surface area contributed by atoms with Crippen molar-refractivity contribution in [3.8, 4) is 17.2 Å². The molecule has 7 heteroatoms. The van der Waals surface area contributed by atoms with E-state index in [4.69, 9.17) is 18.6 Å². The van der Waals surface area contributed by atoms with Gasteiger partial charge in [-0.05, 0) is 61.9 Å². The number of nitrogens with zero attached hydrogens (tertiary/aromatic N) is 1. The molecule has 3 aromatic rings. The highest BCUT2D eigenvalue weighted by Crippen LogP contribution is 2.37. The van der Waals surface area contributed by atoms with Crippen LogP contribution in [0.1, 0.15) is 49.5 Å². The van der Waals surface area contributed by atoms with Crippen LogP contribution in [-0.2, 0) is 11.2 Å². The zero-order chi connectivity index (χ0) is 22.8. The largest absolute Gasteiger partial charge is 0.497 e. The molecule has 2 heterocycles. The summed E-state index contributed by atoms with van der Waals surface area (Å²) in [7, 11) is 3.29. The molecule has 1 aromatic heterocycles. The summed E-state index contributed by atoms with van der Waals surface area (Å²) in [6.07, 6.45) is 6.04. The van der Waals surface area contributed by atoms with E-state index in [-0.39, 0.29) is 23.8 Å². The molecule has 1 aliphatic heterocycles. The second-order valence-corrected chi connectivity index (χ2v) is 8.95. The van der Waals surface area contributed by atoms with Gasteiger partial charge in [0.05, 0.1) is 20.3 Å². The maximum Gasteiger partial charge on any atom is 0.223 e. The molecule has 2 fully saturated rings. The lowest BCUT2D eigenvalue weighted by Gasteiger charge is -2.29. The summed E-state index contributed by atoms with van der Waals surface area (Å²) < 4.78 is 23.0. The third-order valence-corrected chi connectivity index (χ3v) is 6.78. The van der Waals surface area contributed by atoms with Gasteiger partial charge in [-0.15, -0.1) is 0 Å². The maximum atomic E-state index is 12.6. The van der Waals surface area contributed by atoms with Crippen molar-refractivity contribution < 1.29 is 23.4 Å². The fourth-order valence-corrected chi connectivity index (χ4v) is 4.94. The van der Waals surface area contributed by atoms with Crippen LogP contribution in [0.4, 0.5) is 0 Å². The quantitative estimate of drug-likeness (QED) is 0.565. The minimum absolute atomic E-state index is 0.0435. The minimum Gasteiger partial charge on any atom is -0.497 e. The average Bonchev–Trinajstić information content (AvgIpc) is 3.49. The first-order chi connectivity index (χ1) is 16.1. The first-order valence-corrected chi connectivity index (χ1v) is 11.7. The van der Waals surface area contributed by atoms with E-state index in [1.165, 1.54) is 12.8 Å². The van der Waals surface area contributed by atoms with Crippen LogP contribution in [0.3, 0.4) is 0 Å². The number of hydrogen-bond donors (Lipinski definition) is 1. The van der Waals surface area contributed by atoms with E-state index in [2.05, 4.69) is 22.4 Å². The van der Waals surface area contributed by atoms with Gasteiger partial charge in [-0.1, -0.05) is 6.07 Å². The molecule has 5 rings (SSSR count). The van der Waals surface area contributed by atoms with Crippen LogP contribution in [0.2, 0.25) is 0 Å². The SMILES string of the molecule is COc1ccc2oc(C[C@@H]3C[C@@H](c4ccc(OC)c(OC5CCCC5)c4)CNC3=O)nc2c1. The minimum atomic E-state index is -0.208. The fraction of sp³-hybridized carbons (Fsp3) is 0.462. The summed E-state index contributed by atoms with van der Waals surface area (Å²) in [5.41, 5.74) is 2.58. The van der Waals surface area contributed by atoms with Crippen molar-refractivity contribution in [1.82, 2.24) is 10.3 Å². The number of carbonyl (C=O) groups is 1. The van der Waals surface area contributed by atoms with Crippen LogP contribution < -0.4 is 19.5 Å². The first kappa shape index (κ1) is 21.6. The number of benzene rings is 2. The van der Waals surface area contributed by atoms with Crippen molar-refractivity contribution in [3.05, 3.63) is 47.9 Å². The molecule has 0 bridgehead atoms. The molecule has 0 spiro atoms. The average molecular weight is 451 g/mol. The van der Waals surface area contributed by atoms with Gasteiger partial charge in [0.15, 0.2) is 23.0 Å². The number of methoxy groups -OCH3 is 2. The van der Waals surface area contributed by atoms with Crippen molar-refractivity contribution in [2.24, 2.45) is 5.92 Å². The molecule has 1 amide bonds. The number of piperidine rings is 1. The Bertz CT molecular complexity index is 1130. The molecule has 1 saturated carbocycles. The predicted molar refractivity (Wildman–Crippen MR) is 124 cm³/mol. The summed E-state index contributed by atoms with van der Waals surface area (Å²) in [5.74, 6) is 2.87. The van der Waals surface area contributed by atoms with Crippen molar-refractivity contribution in [2.75, 3.05) is 20.8 Å². The van der Waals surface area contributed by atoms with E-state index in [1.54, 1.807) is 14.2 Å². The van der Waals surface area contributed by atoms with Crippen LogP contribution in [0, 0.1) is 5.92 Å². The number of carbonyl (C=O) groups excluding carboxylic acids is 1. The van der Waals surface area contributed by atoms with Gasteiger partial charge in [-0.25, -0.2) is 4.98 Å². The molecule has 0 radical (unpaired) electrons. The molecular weight excluding hydrogens is 420 g/mol. The number of aromatic nitrogens is 1. The van der Waals surface area contributed by atoms with Crippen molar-refractivity contribution in [1.29, 1.82) is 0 Å². The first-order valence-electron chi connectivity index (χ1n) is 11.7. The molecule has 2 atom stereocenters. The van der Waals surface area contributed by atoms with Crippen LogP contribution in [-0.4, -0.2) is 37.8 Å². The van der Waals surface area contributed by atoms with Gasteiger partial charge in [0.1, 0.15) is 11.3 Å². The molecule has 174 valence electrons. The number of rotatable bonds is 7. The molecule has 1 aliphatic carbocycles. The highest BCUT2D eigenvalue weighted by Gasteiger charge is 2.31. The van der Waals surface area contributed by atoms with E-state index in [0.717, 1.165) is 47.6 Å². The van der Waals surface area contributed by atoms with Crippen molar-refractivity contribution in [3.63, 3.8) is 0 Å². The van der Waals surface area contributed by atoms with Crippen LogP contribution in [0.25, 0.3) is 11.1 Å². The predicted octanol–water partition coefficient (Wildman–Crippen LogP) is 4.63. The molecule has 2 aliphatic rings. The topological polar surface area (TPSA) is 82.8 Å². The summed E-state index contributed by atoms with van der Waals surface area (Å²) in [5, 5.41) is 3.07. The number of amides is 1. The Hall–Kier alpha value is -3.22. The zero-order valence-electron chi connectivity index (χ0n) is 19.1. The highest BCUT2D eigenvalue weighted by molar-refractivity contribution is 5.80.